The Bertz CT molecular complexity index is 803. The molecule has 0 fully saturated rings. The number of pyridine rings is 1. The molecule has 5 nitrogen and oxygen atoms in total. The molecule has 0 spiro atoms. The summed E-state index contributed by atoms with van der Waals surface area (Å²) in [5.74, 6) is -0.403. The molecule has 2 N–H and O–H groups in total. The molecule has 3 rings (SSSR count). The second kappa shape index (κ2) is 5.28. The lowest BCUT2D eigenvalue weighted by Gasteiger charge is -2.09. The van der Waals surface area contributed by atoms with Crippen molar-refractivity contribution in [3.8, 4) is 0 Å². The highest BCUT2D eigenvalue weighted by Crippen LogP contribution is 2.20. The van der Waals surface area contributed by atoms with Crippen molar-refractivity contribution in [2.45, 2.75) is 6.54 Å². The number of carbonyl (C=O) groups excluding carboxylic acids is 1. The van der Waals surface area contributed by atoms with Gasteiger partial charge in [0.2, 0.25) is 0 Å². The molecule has 2 heterocycles. The zero-order chi connectivity index (χ0) is 14.8. The number of carbonyl (C=O) groups is 1. The van der Waals surface area contributed by atoms with Gasteiger partial charge in [0.25, 0.3) is 0 Å². The quantitative estimate of drug-likeness (QED) is 0.749. The Morgan fingerprint density at radius 2 is 2.14 bits per heavy atom. The topological polar surface area (TPSA) is 70.1 Å². The Kier molecular flexibility index (Phi) is 3.31. The highest BCUT2D eigenvalue weighted by Gasteiger charge is 2.14. The zero-order valence-electron chi connectivity index (χ0n) is 11.6. The van der Waals surface area contributed by atoms with Crippen LogP contribution >= 0.6 is 0 Å². The molecule has 5 heteroatoms. The standard InChI is InChI=1S/C16H15N3O2/c1-21-16(20)14-8-13(17)10-19(14)9-12-5-2-4-11-6-3-7-18-15(11)12/h2-8,10H,9,17H2,1H3. The average molecular weight is 281 g/mol. The molecule has 0 radical (unpaired) electrons. The van der Waals surface area contributed by atoms with Gasteiger partial charge in [-0.15, -0.1) is 0 Å². The normalized spacial score (nSPS) is 10.7. The molecule has 3 aromatic rings. The number of fused-ring (bicyclic) bond motifs is 1. The molecule has 0 amide bonds. The number of anilines is 1. The first-order valence-electron chi connectivity index (χ1n) is 6.55. The van der Waals surface area contributed by atoms with Crippen molar-refractivity contribution in [2.75, 3.05) is 12.8 Å². The van der Waals surface area contributed by atoms with Gasteiger partial charge in [-0.05, 0) is 17.7 Å². The van der Waals surface area contributed by atoms with Crippen LogP contribution in [-0.4, -0.2) is 22.6 Å². The summed E-state index contributed by atoms with van der Waals surface area (Å²) in [6, 6.07) is 11.5. The fraction of sp³-hybridized carbons (Fsp3) is 0.125. The van der Waals surface area contributed by atoms with Crippen molar-refractivity contribution in [3.05, 3.63) is 60.0 Å². The van der Waals surface area contributed by atoms with Gasteiger partial charge in [0.05, 0.1) is 24.9 Å². The SMILES string of the molecule is COC(=O)c1cc(N)cn1Cc1cccc2cccnc12. The number of aromatic nitrogens is 2. The molecule has 21 heavy (non-hydrogen) atoms. The minimum atomic E-state index is -0.403. The molecule has 0 atom stereocenters. The van der Waals surface area contributed by atoms with Gasteiger partial charge in [-0.2, -0.15) is 0 Å². The van der Waals surface area contributed by atoms with Gasteiger partial charge in [-0.3, -0.25) is 4.98 Å². The lowest BCUT2D eigenvalue weighted by molar-refractivity contribution is 0.0589. The predicted octanol–water partition coefficient (Wildman–Crippen LogP) is 2.45. The van der Waals surface area contributed by atoms with E-state index in [9.17, 15) is 4.79 Å². The third kappa shape index (κ3) is 2.45. The molecule has 0 bridgehead atoms. The zero-order valence-corrected chi connectivity index (χ0v) is 11.6. The van der Waals surface area contributed by atoms with Gasteiger partial charge in [-0.25, -0.2) is 4.79 Å². The third-order valence-electron chi connectivity index (χ3n) is 3.37. The van der Waals surface area contributed by atoms with Crippen LogP contribution in [0, 0.1) is 0 Å². The van der Waals surface area contributed by atoms with Gasteiger partial charge in [0.1, 0.15) is 5.69 Å². The molecule has 0 aliphatic heterocycles. The summed E-state index contributed by atoms with van der Waals surface area (Å²) >= 11 is 0. The maximum Gasteiger partial charge on any atom is 0.354 e. The Balaban J connectivity index is 2.05. The summed E-state index contributed by atoms with van der Waals surface area (Å²) in [6.45, 7) is 0.510. The number of rotatable bonds is 3. The van der Waals surface area contributed by atoms with Crippen LogP contribution in [0.1, 0.15) is 16.1 Å². The molecule has 0 aliphatic carbocycles. The van der Waals surface area contributed by atoms with Gasteiger partial charge in [0, 0.05) is 17.8 Å². The summed E-state index contributed by atoms with van der Waals surface area (Å²) in [7, 11) is 1.36. The van der Waals surface area contributed by atoms with Crippen LogP contribution in [0.2, 0.25) is 0 Å². The Morgan fingerprint density at radius 3 is 2.95 bits per heavy atom. The second-order valence-electron chi connectivity index (χ2n) is 4.77. The molecule has 106 valence electrons. The lowest BCUT2D eigenvalue weighted by atomic mass is 10.1. The number of para-hydroxylation sites is 1. The fourth-order valence-electron chi connectivity index (χ4n) is 2.42. The van der Waals surface area contributed by atoms with Crippen LogP contribution in [0.15, 0.2) is 48.8 Å². The van der Waals surface area contributed by atoms with Crippen LogP contribution in [0.3, 0.4) is 0 Å². The van der Waals surface area contributed by atoms with Crippen LogP contribution < -0.4 is 5.73 Å². The summed E-state index contributed by atoms with van der Waals surface area (Å²) in [6.07, 6.45) is 3.49. The number of esters is 1. The Labute approximate surface area is 122 Å². The largest absolute Gasteiger partial charge is 0.464 e. The lowest BCUT2D eigenvalue weighted by Crippen LogP contribution is -2.11. The molecule has 0 saturated heterocycles. The van der Waals surface area contributed by atoms with Crippen LogP contribution in [-0.2, 0) is 11.3 Å². The van der Waals surface area contributed by atoms with Crippen molar-refractivity contribution in [2.24, 2.45) is 0 Å². The first-order valence-corrected chi connectivity index (χ1v) is 6.55. The van der Waals surface area contributed by atoms with E-state index < -0.39 is 5.97 Å². The molecule has 0 aliphatic rings. The van der Waals surface area contributed by atoms with Crippen LogP contribution in [0.5, 0.6) is 0 Å². The number of hydrogen-bond acceptors (Lipinski definition) is 4. The van der Waals surface area contributed by atoms with Crippen LogP contribution in [0.4, 0.5) is 5.69 Å². The van der Waals surface area contributed by atoms with E-state index in [1.807, 2.05) is 30.3 Å². The number of methoxy groups -OCH3 is 1. The highest BCUT2D eigenvalue weighted by atomic mass is 16.5. The van der Waals surface area contributed by atoms with Crippen molar-refractivity contribution in [3.63, 3.8) is 0 Å². The van der Waals surface area contributed by atoms with E-state index in [0.717, 1.165) is 16.5 Å². The van der Waals surface area contributed by atoms with E-state index in [4.69, 9.17) is 10.5 Å². The third-order valence-corrected chi connectivity index (χ3v) is 3.37. The number of ether oxygens (including phenoxy) is 1. The average Bonchev–Trinajstić information content (AvgIpc) is 2.87. The molecule has 0 unspecified atom stereocenters. The maximum absolute atomic E-state index is 11.8. The monoisotopic (exact) mass is 281 g/mol. The Hall–Kier alpha value is -2.82. The van der Waals surface area contributed by atoms with E-state index >= 15 is 0 Å². The van der Waals surface area contributed by atoms with Gasteiger partial charge in [-0.1, -0.05) is 24.3 Å². The summed E-state index contributed by atoms with van der Waals surface area (Å²) in [5.41, 5.74) is 8.70. The summed E-state index contributed by atoms with van der Waals surface area (Å²) in [5, 5.41) is 1.06. The second-order valence-corrected chi connectivity index (χ2v) is 4.77. The Morgan fingerprint density at radius 1 is 1.33 bits per heavy atom. The first kappa shape index (κ1) is 13.2. The van der Waals surface area contributed by atoms with Crippen molar-refractivity contribution in [1.29, 1.82) is 0 Å². The maximum atomic E-state index is 11.8. The minimum absolute atomic E-state index is 0.403. The van der Waals surface area contributed by atoms with Crippen molar-refractivity contribution < 1.29 is 9.53 Å². The van der Waals surface area contributed by atoms with Crippen molar-refractivity contribution >= 4 is 22.6 Å². The highest BCUT2D eigenvalue weighted by molar-refractivity contribution is 5.89. The summed E-state index contributed by atoms with van der Waals surface area (Å²) in [4.78, 5) is 16.2. The number of nitrogen functional groups attached to an aromatic ring is 1. The van der Waals surface area contributed by atoms with E-state index in [2.05, 4.69) is 4.98 Å². The number of nitrogens with two attached hydrogens (primary N) is 1. The van der Waals surface area contributed by atoms with E-state index in [0.29, 0.717) is 17.9 Å². The van der Waals surface area contributed by atoms with Gasteiger partial charge >= 0.3 is 5.97 Å². The van der Waals surface area contributed by atoms with E-state index in [1.54, 1.807) is 23.0 Å². The molecule has 1 aromatic carbocycles. The number of benzene rings is 1. The van der Waals surface area contributed by atoms with Gasteiger partial charge < -0.3 is 15.0 Å². The summed E-state index contributed by atoms with van der Waals surface area (Å²) < 4.78 is 6.57. The minimum Gasteiger partial charge on any atom is -0.464 e. The molecule has 2 aromatic heterocycles. The van der Waals surface area contributed by atoms with Crippen LogP contribution in [0.25, 0.3) is 10.9 Å². The predicted molar refractivity (Wildman–Crippen MR) is 81.0 cm³/mol. The van der Waals surface area contributed by atoms with E-state index in [1.165, 1.54) is 7.11 Å². The molecular formula is C16H15N3O2. The molecular weight excluding hydrogens is 266 g/mol. The van der Waals surface area contributed by atoms with E-state index in [-0.39, 0.29) is 0 Å². The fourth-order valence-corrected chi connectivity index (χ4v) is 2.42. The first-order chi connectivity index (χ1) is 10.2. The number of nitrogens with zero attached hydrogens (tertiary/aromatic N) is 2. The van der Waals surface area contributed by atoms with Gasteiger partial charge in [0.15, 0.2) is 0 Å². The molecule has 0 saturated carbocycles. The number of hydrogen-bond donors (Lipinski definition) is 1. The smallest absolute Gasteiger partial charge is 0.354 e. The van der Waals surface area contributed by atoms with Crippen molar-refractivity contribution in [1.82, 2.24) is 9.55 Å².